The summed E-state index contributed by atoms with van der Waals surface area (Å²) in [5, 5.41) is 4.02. The van der Waals surface area contributed by atoms with Crippen LogP contribution < -0.4 is 5.32 Å². The minimum absolute atomic E-state index is 0.545. The number of rotatable bonds is 7. The number of fused-ring (bicyclic) bond motifs is 3. The van der Waals surface area contributed by atoms with Gasteiger partial charge in [-0.1, -0.05) is 56.5 Å². The minimum Gasteiger partial charge on any atom is -0.306 e. The molecule has 0 aliphatic carbocycles. The molecule has 3 fully saturated rings. The van der Waals surface area contributed by atoms with Crippen LogP contribution in [0.4, 0.5) is 0 Å². The van der Waals surface area contributed by atoms with E-state index in [9.17, 15) is 0 Å². The van der Waals surface area contributed by atoms with Gasteiger partial charge in [-0.05, 0) is 43.8 Å². The van der Waals surface area contributed by atoms with E-state index in [0.717, 1.165) is 5.92 Å². The molecule has 4 rings (SSSR count). The first-order valence-electron chi connectivity index (χ1n) is 8.90. The van der Waals surface area contributed by atoms with E-state index in [-0.39, 0.29) is 0 Å². The normalized spacial score (nSPS) is 29.5. The van der Waals surface area contributed by atoms with E-state index in [2.05, 4.69) is 47.5 Å². The molecule has 0 aromatic heterocycles. The third-order valence-electron chi connectivity index (χ3n) is 5.37. The topological polar surface area (TPSA) is 15.3 Å². The van der Waals surface area contributed by atoms with Crippen LogP contribution >= 0.6 is 0 Å². The van der Waals surface area contributed by atoms with Crippen LogP contribution in [0, 0.1) is 5.92 Å². The number of benzene rings is 1. The van der Waals surface area contributed by atoms with Gasteiger partial charge in [-0.3, -0.25) is 0 Å². The maximum absolute atomic E-state index is 4.02. The molecule has 2 heteroatoms. The van der Waals surface area contributed by atoms with Crippen LogP contribution in [-0.4, -0.2) is 30.6 Å². The first-order valence-corrected chi connectivity index (χ1v) is 8.90. The average molecular weight is 286 g/mol. The molecule has 1 aromatic carbocycles. The van der Waals surface area contributed by atoms with Gasteiger partial charge in [0.15, 0.2) is 0 Å². The van der Waals surface area contributed by atoms with Crippen molar-refractivity contribution in [1.82, 2.24) is 10.2 Å². The van der Waals surface area contributed by atoms with Crippen molar-refractivity contribution in [2.24, 2.45) is 5.92 Å². The lowest BCUT2D eigenvalue weighted by molar-refractivity contribution is 0.0661. The zero-order valence-electron chi connectivity index (χ0n) is 13.4. The zero-order chi connectivity index (χ0) is 14.5. The maximum Gasteiger partial charge on any atom is 0.0323 e. The van der Waals surface area contributed by atoms with E-state index in [0.29, 0.717) is 12.1 Å². The standard InChI is InChI=1S/C19H30N2/c1-2-3-5-10-18(16-8-6-4-7-9-16)20-19-15-21-13-11-17(19)12-14-21/h4,6-9,17-20H,2-3,5,10-15H2,1H3. The predicted octanol–water partition coefficient (Wildman–Crippen LogP) is 3.99. The van der Waals surface area contributed by atoms with Gasteiger partial charge in [0.25, 0.3) is 0 Å². The summed E-state index contributed by atoms with van der Waals surface area (Å²) in [5.41, 5.74) is 1.48. The second kappa shape index (κ2) is 7.42. The molecule has 3 aliphatic rings. The van der Waals surface area contributed by atoms with Gasteiger partial charge in [-0.2, -0.15) is 0 Å². The molecule has 0 radical (unpaired) electrons. The molecule has 3 saturated heterocycles. The van der Waals surface area contributed by atoms with Crippen LogP contribution in [0.25, 0.3) is 0 Å². The molecular weight excluding hydrogens is 256 g/mol. The van der Waals surface area contributed by atoms with Crippen molar-refractivity contribution in [1.29, 1.82) is 0 Å². The van der Waals surface area contributed by atoms with Gasteiger partial charge in [0.2, 0.25) is 0 Å². The molecule has 0 spiro atoms. The Morgan fingerprint density at radius 3 is 2.52 bits per heavy atom. The summed E-state index contributed by atoms with van der Waals surface area (Å²) in [6.45, 7) is 6.21. The minimum atomic E-state index is 0.545. The molecule has 116 valence electrons. The summed E-state index contributed by atoms with van der Waals surface area (Å²) in [7, 11) is 0. The van der Waals surface area contributed by atoms with Crippen molar-refractivity contribution in [3.8, 4) is 0 Å². The van der Waals surface area contributed by atoms with Crippen molar-refractivity contribution in [3.63, 3.8) is 0 Å². The van der Waals surface area contributed by atoms with Crippen molar-refractivity contribution in [3.05, 3.63) is 35.9 Å². The number of unbranched alkanes of at least 4 members (excludes halogenated alkanes) is 2. The molecule has 0 amide bonds. The Morgan fingerprint density at radius 2 is 1.90 bits per heavy atom. The molecule has 3 heterocycles. The lowest BCUT2D eigenvalue weighted by Gasteiger charge is -2.46. The molecule has 2 unspecified atom stereocenters. The highest BCUT2D eigenvalue weighted by molar-refractivity contribution is 5.19. The summed E-state index contributed by atoms with van der Waals surface area (Å²) < 4.78 is 0. The van der Waals surface area contributed by atoms with Crippen LogP contribution in [0.1, 0.15) is 57.1 Å². The van der Waals surface area contributed by atoms with Crippen molar-refractivity contribution >= 4 is 0 Å². The van der Waals surface area contributed by atoms with Gasteiger partial charge in [-0.25, -0.2) is 0 Å². The molecular formula is C19H30N2. The fraction of sp³-hybridized carbons (Fsp3) is 0.684. The Bertz CT molecular complexity index is 409. The number of hydrogen-bond donors (Lipinski definition) is 1. The van der Waals surface area contributed by atoms with Gasteiger partial charge in [0.1, 0.15) is 0 Å². The van der Waals surface area contributed by atoms with Gasteiger partial charge in [0.05, 0.1) is 0 Å². The fourth-order valence-electron chi connectivity index (χ4n) is 4.04. The SMILES string of the molecule is CCCCCC(NC1CN2CCC1CC2)c1ccccc1. The van der Waals surface area contributed by atoms with Crippen LogP contribution in [0.15, 0.2) is 30.3 Å². The second-order valence-corrected chi connectivity index (χ2v) is 6.87. The zero-order valence-corrected chi connectivity index (χ0v) is 13.4. The van der Waals surface area contributed by atoms with Crippen LogP contribution in [0.3, 0.4) is 0 Å². The van der Waals surface area contributed by atoms with Crippen molar-refractivity contribution in [2.75, 3.05) is 19.6 Å². The highest BCUT2D eigenvalue weighted by atomic mass is 15.2. The van der Waals surface area contributed by atoms with Crippen molar-refractivity contribution < 1.29 is 0 Å². The first kappa shape index (κ1) is 15.1. The molecule has 2 atom stereocenters. The molecule has 2 bridgehead atoms. The number of nitrogens with one attached hydrogen (secondary N) is 1. The van der Waals surface area contributed by atoms with Crippen molar-refractivity contribution in [2.45, 2.75) is 57.5 Å². The van der Waals surface area contributed by atoms with E-state index in [4.69, 9.17) is 0 Å². The third kappa shape index (κ3) is 3.87. The lowest BCUT2D eigenvalue weighted by Crippen LogP contribution is -2.56. The molecule has 2 nitrogen and oxygen atoms in total. The van der Waals surface area contributed by atoms with Crippen LogP contribution in [0.2, 0.25) is 0 Å². The highest BCUT2D eigenvalue weighted by Gasteiger charge is 2.34. The largest absolute Gasteiger partial charge is 0.306 e. The fourth-order valence-corrected chi connectivity index (χ4v) is 4.04. The molecule has 21 heavy (non-hydrogen) atoms. The third-order valence-corrected chi connectivity index (χ3v) is 5.37. The Labute approximate surface area is 129 Å². The Balaban J connectivity index is 1.64. The molecule has 3 aliphatic heterocycles. The van der Waals surface area contributed by atoms with E-state index >= 15 is 0 Å². The smallest absolute Gasteiger partial charge is 0.0323 e. The van der Waals surface area contributed by atoms with Gasteiger partial charge < -0.3 is 10.2 Å². The van der Waals surface area contributed by atoms with Crippen LogP contribution in [-0.2, 0) is 0 Å². The molecule has 1 N–H and O–H groups in total. The molecule has 1 aromatic rings. The second-order valence-electron chi connectivity index (χ2n) is 6.87. The number of piperidine rings is 3. The van der Waals surface area contributed by atoms with Gasteiger partial charge in [0, 0.05) is 18.6 Å². The number of hydrogen-bond acceptors (Lipinski definition) is 2. The van der Waals surface area contributed by atoms with E-state index < -0.39 is 0 Å². The lowest BCUT2D eigenvalue weighted by atomic mass is 9.83. The van der Waals surface area contributed by atoms with E-state index in [1.807, 2.05) is 0 Å². The Hall–Kier alpha value is -0.860. The van der Waals surface area contributed by atoms with E-state index in [1.54, 1.807) is 0 Å². The summed E-state index contributed by atoms with van der Waals surface area (Å²) in [6.07, 6.45) is 8.07. The van der Waals surface area contributed by atoms with Gasteiger partial charge in [-0.15, -0.1) is 0 Å². The summed E-state index contributed by atoms with van der Waals surface area (Å²) in [4.78, 5) is 2.64. The predicted molar refractivity (Wildman–Crippen MR) is 89.4 cm³/mol. The maximum atomic E-state index is 4.02. The average Bonchev–Trinajstić information content (AvgIpc) is 2.56. The quantitative estimate of drug-likeness (QED) is 0.762. The Kier molecular flexibility index (Phi) is 5.32. The van der Waals surface area contributed by atoms with Gasteiger partial charge >= 0.3 is 0 Å². The highest BCUT2D eigenvalue weighted by Crippen LogP contribution is 2.30. The van der Waals surface area contributed by atoms with E-state index in [1.165, 1.54) is 63.7 Å². The Morgan fingerprint density at radius 1 is 1.14 bits per heavy atom. The summed E-state index contributed by atoms with van der Waals surface area (Å²) in [6, 6.07) is 12.3. The van der Waals surface area contributed by atoms with Crippen LogP contribution in [0.5, 0.6) is 0 Å². The summed E-state index contributed by atoms with van der Waals surface area (Å²) in [5.74, 6) is 0.910. The number of nitrogens with zero attached hydrogens (tertiary/aromatic N) is 1. The summed E-state index contributed by atoms with van der Waals surface area (Å²) >= 11 is 0. The first-order chi connectivity index (χ1) is 10.4. The molecule has 0 saturated carbocycles. The monoisotopic (exact) mass is 286 g/mol.